The van der Waals surface area contributed by atoms with E-state index in [9.17, 15) is 19.7 Å². The molecule has 0 aliphatic carbocycles. The third kappa shape index (κ3) is 8.39. The normalized spacial score (nSPS) is 11.5. The molecule has 0 unspecified atom stereocenters. The first-order valence-corrected chi connectivity index (χ1v) is 12.7. The van der Waals surface area contributed by atoms with Gasteiger partial charge in [-0.1, -0.05) is 60.7 Å². The van der Waals surface area contributed by atoms with Crippen molar-refractivity contribution < 1.29 is 28.7 Å². The maximum Gasteiger partial charge on any atom is 0.408 e. The molecule has 0 saturated carbocycles. The van der Waals surface area contributed by atoms with Gasteiger partial charge in [-0.15, -0.1) is 0 Å². The van der Waals surface area contributed by atoms with E-state index in [1.165, 1.54) is 31.8 Å². The van der Waals surface area contributed by atoms with Gasteiger partial charge in [-0.2, -0.15) is 5.10 Å². The highest BCUT2D eigenvalue weighted by Crippen LogP contribution is 2.34. The smallest absolute Gasteiger partial charge is 0.408 e. The van der Waals surface area contributed by atoms with E-state index in [0.29, 0.717) is 5.69 Å². The standard InChI is InChI=1S/C29H28N6O7/c1-40-26-12-22(25(35(38)39)14-27(26)41-17-20-8-4-2-5-9-20)15-32-34-28(36)24(13-23-16-30-19-31-23)33-29(37)42-18-21-10-6-3-7-11-21/h2-12,14-16,19,24H,13,17-18H2,1H3,(H,30,31)(H,33,37)(H,34,36)/b32-15-/t24-/m1/s1. The lowest BCUT2D eigenvalue weighted by Gasteiger charge is -2.16. The number of hydrogen-bond acceptors (Lipinski definition) is 9. The number of hydrogen-bond donors (Lipinski definition) is 3. The van der Waals surface area contributed by atoms with Crippen molar-refractivity contribution in [2.75, 3.05) is 7.11 Å². The Kier molecular flexibility index (Phi) is 10.2. The van der Waals surface area contributed by atoms with Crippen molar-refractivity contribution >= 4 is 23.9 Å². The molecule has 3 aromatic carbocycles. The Balaban J connectivity index is 1.44. The fourth-order valence-corrected chi connectivity index (χ4v) is 3.81. The van der Waals surface area contributed by atoms with Gasteiger partial charge in [-0.3, -0.25) is 14.9 Å². The van der Waals surface area contributed by atoms with E-state index in [-0.39, 0.29) is 42.4 Å². The van der Waals surface area contributed by atoms with Crippen molar-refractivity contribution in [2.24, 2.45) is 5.10 Å². The van der Waals surface area contributed by atoms with Crippen molar-refractivity contribution in [1.82, 2.24) is 20.7 Å². The van der Waals surface area contributed by atoms with Crippen LogP contribution in [-0.2, 0) is 29.2 Å². The van der Waals surface area contributed by atoms with Crippen LogP contribution in [0.1, 0.15) is 22.4 Å². The molecule has 1 atom stereocenters. The van der Waals surface area contributed by atoms with E-state index in [1.807, 2.05) is 48.5 Å². The summed E-state index contributed by atoms with van der Waals surface area (Å²) in [5.41, 5.74) is 4.30. The van der Waals surface area contributed by atoms with Crippen LogP contribution < -0.4 is 20.2 Å². The van der Waals surface area contributed by atoms with Crippen molar-refractivity contribution in [3.8, 4) is 11.5 Å². The van der Waals surface area contributed by atoms with Gasteiger partial charge >= 0.3 is 6.09 Å². The Bertz CT molecular complexity index is 1510. The summed E-state index contributed by atoms with van der Waals surface area (Å²) in [5, 5.41) is 18.2. The number of alkyl carbamates (subject to hydrolysis) is 1. The van der Waals surface area contributed by atoms with Crippen LogP contribution in [0.3, 0.4) is 0 Å². The van der Waals surface area contributed by atoms with Crippen LogP contribution in [0.4, 0.5) is 10.5 Å². The zero-order valence-corrected chi connectivity index (χ0v) is 22.6. The molecule has 0 aliphatic heterocycles. The third-order valence-corrected chi connectivity index (χ3v) is 5.93. The zero-order chi connectivity index (χ0) is 29.7. The number of methoxy groups -OCH3 is 1. The molecule has 0 fully saturated rings. The maximum absolute atomic E-state index is 13.0. The second kappa shape index (κ2) is 14.6. The fraction of sp³-hybridized carbons (Fsp3) is 0.172. The fourth-order valence-electron chi connectivity index (χ4n) is 3.81. The first-order chi connectivity index (χ1) is 20.4. The number of H-pyrrole nitrogens is 1. The number of hydrazone groups is 1. The lowest BCUT2D eigenvalue weighted by atomic mass is 10.1. The van der Waals surface area contributed by atoms with Crippen molar-refractivity contribution in [2.45, 2.75) is 25.7 Å². The first-order valence-electron chi connectivity index (χ1n) is 12.7. The summed E-state index contributed by atoms with van der Waals surface area (Å²) >= 11 is 0. The molecular weight excluding hydrogens is 544 g/mol. The predicted octanol–water partition coefficient (Wildman–Crippen LogP) is 3.89. The maximum atomic E-state index is 13.0. The number of nitrogens with zero attached hydrogens (tertiary/aromatic N) is 3. The van der Waals surface area contributed by atoms with Gasteiger partial charge in [0.05, 0.1) is 36.2 Å². The van der Waals surface area contributed by atoms with Crippen LogP contribution in [0, 0.1) is 10.1 Å². The molecule has 42 heavy (non-hydrogen) atoms. The zero-order valence-electron chi connectivity index (χ0n) is 22.6. The number of aromatic nitrogens is 2. The molecule has 216 valence electrons. The summed E-state index contributed by atoms with van der Waals surface area (Å²) in [7, 11) is 1.40. The number of benzene rings is 3. The number of nitro groups is 1. The molecule has 3 N–H and O–H groups in total. The summed E-state index contributed by atoms with van der Waals surface area (Å²) in [5.74, 6) is -0.272. The average molecular weight is 573 g/mol. The predicted molar refractivity (Wildman–Crippen MR) is 152 cm³/mol. The van der Waals surface area contributed by atoms with E-state index < -0.39 is 23.0 Å². The van der Waals surface area contributed by atoms with Gasteiger partial charge in [0.2, 0.25) is 0 Å². The Labute approximate surface area is 240 Å². The Morgan fingerprint density at radius 3 is 2.36 bits per heavy atom. The summed E-state index contributed by atoms with van der Waals surface area (Å²) in [6.07, 6.45) is 3.31. The quantitative estimate of drug-likeness (QED) is 0.123. The number of carbonyl (C=O) groups excluding carboxylic acids is 2. The molecule has 0 aliphatic rings. The monoisotopic (exact) mass is 572 g/mol. The highest BCUT2D eigenvalue weighted by Gasteiger charge is 2.23. The summed E-state index contributed by atoms with van der Waals surface area (Å²) in [6.45, 7) is 0.191. The van der Waals surface area contributed by atoms with Crippen LogP contribution in [0.5, 0.6) is 11.5 Å². The number of imidazole rings is 1. The second-order valence-corrected chi connectivity index (χ2v) is 8.87. The van der Waals surface area contributed by atoms with E-state index in [4.69, 9.17) is 14.2 Å². The number of nitrogens with one attached hydrogen (secondary N) is 3. The van der Waals surface area contributed by atoms with Crippen LogP contribution >= 0.6 is 0 Å². The summed E-state index contributed by atoms with van der Waals surface area (Å²) in [4.78, 5) is 43.4. The molecule has 4 rings (SSSR count). The number of nitro benzene ring substituents is 1. The minimum Gasteiger partial charge on any atom is -0.493 e. The lowest BCUT2D eigenvalue weighted by Crippen LogP contribution is -2.47. The number of rotatable bonds is 13. The summed E-state index contributed by atoms with van der Waals surface area (Å²) < 4.78 is 16.4. The van der Waals surface area contributed by atoms with Crippen LogP contribution in [0.2, 0.25) is 0 Å². The first kappa shape index (κ1) is 29.3. The van der Waals surface area contributed by atoms with Gasteiger partial charge in [0.25, 0.3) is 11.6 Å². The molecule has 2 amide bonds. The van der Waals surface area contributed by atoms with Crippen molar-refractivity contribution in [3.63, 3.8) is 0 Å². The van der Waals surface area contributed by atoms with Gasteiger partial charge in [-0.05, 0) is 17.2 Å². The number of aromatic amines is 1. The molecule has 0 spiro atoms. The molecule has 13 heteroatoms. The lowest BCUT2D eigenvalue weighted by molar-refractivity contribution is -0.385. The van der Waals surface area contributed by atoms with Crippen molar-refractivity contribution in [3.05, 3.63) is 118 Å². The second-order valence-electron chi connectivity index (χ2n) is 8.87. The minimum atomic E-state index is -1.09. The average Bonchev–Trinajstić information content (AvgIpc) is 3.53. The topological polar surface area (TPSA) is 170 Å². The largest absolute Gasteiger partial charge is 0.493 e. The Morgan fingerprint density at radius 1 is 1.05 bits per heavy atom. The Hall–Kier alpha value is -5.72. The van der Waals surface area contributed by atoms with Gasteiger partial charge in [0.1, 0.15) is 19.3 Å². The molecule has 1 aromatic heterocycles. The molecule has 0 saturated heterocycles. The van der Waals surface area contributed by atoms with Crippen LogP contribution in [0.25, 0.3) is 0 Å². The van der Waals surface area contributed by atoms with Crippen molar-refractivity contribution in [1.29, 1.82) is 0 Å². The van der Waals surface area contributed by atoms with Gasteiger partial charge in [-0.25, -0.2) is 15.2 Å². The van der Waals surface area contributed by atoms with E-state index in [2.05, 4.69) is 25.8 Å². The minimum absolute atomic E-state index is 0.0137. The van der Waals surface area contributed by atoms with E-state index in [1.54, 1.807) is 12.1 Å². The molecule has 13 nitrogen and oxygen atoms in total. The van der Waals surface area contributed by atoms with Crippen LogP contribution in [-0.4, -0.2) is 46.3 Å². The highest BCUT2D eigenvalue weighted by atomic mass is 16.6. The van der Waals surface area contributed by atoms with Crippen LogP contribution in [0.15, 0.2) is 90.4 Å². The van der Waals surface area contributed by atoms with Gasteiger partial charge < -0.3 is 24.5 Å². The number of amides is 2. The number of ether oxygens (including phenoxy) is 3. The molecular formula is C29H28N6O7. The molecule has 1 heterocycles. The van der Waals surface area contributed by atoms with Gasteiger partial charge in [0.15, 0.2) is 11.5 Å². The Morgan fingerprint density at radius 2 is 1.74 bits per heavy atom. The molecule has 0 radical (unpaired) electrons. The molecule has 0 bridgehead atoms. The molecule has 4 aromatic rings. The number of carbonyl (C=O) groups is 2. The SMILES string of the molecule is COc1cc(/C=N\NC(=O)[C@@H](Cc2cnc[nH]2)NC(=O)OCc2ccccc2)c([N+](=O)[O-])cc1OCc1ccccc1. The highest BCUT2D eigenvalue weighted by molar-refractivity contribution is 5.90. The van der Waals surface area contributed by atoms with Gasteiger partial charge in [0, 0.05) is 18.3 Å². The summed E-state index contributed by atoms with van der Waals surface area (Å²) in [6, 6.07) is 19.9. The van der Waals surface area contributed by atoms with E-state index in [0.717, 1.165) is 17.3 Å². The van der Waals surface area contributed by atoms with E-state index >= 15 is 0 Å². The third-order valence-electron chi connectivity index (χ3n) is 5.93.